The molecule has 1 nitrogen and oxygen atoms in total. The summed E-state index contributed by atoms with van der Waals surface area (Å²) in [7, 11) is 0. The highest BCUT2D eigenvalue weighted by atomic mass is 16.3. The van der Waals surface area contributed by atoms with E-state index in [-0.39, 0.29) is 6.10 Å². The monoisotopic (exact) mass is 127 g/mol. The Morgan fingerprint density at radius 1 is 1.56 bits per heavy atom. The quantitative estimate of drug-likeness (QED) is 0.525. The molecule has 0 spiro atoms. The summed E-state index contributed by atoms with van der Waals surface area (Å²) in [5.74, 6) is 1.77. The SMILES string of the molecule is C[C]1CCCC(C)C1O. The van der Waals surface area contributed by atoms with E-state index in [4.69, 9.17) is 0 Å². The summed E-state index contributed by atoms with van der Waals surface area (Å²) in [6, 6.07) is 0. The number of rotatable bonds is 0. The topological polar surface area (TPSA) is 20.2 Å². The van der Waals surface area contributed by atoms with Crippen LogP contribution < -0.4 is 0 Å². The zero-order valence-electron chi connectivity index (χ0n) is 6.22. The lowest BCUT2D eigenvalue weighted by Gasteiger charge is -2.29. The molecule has 0 heterocycles. The smallest absolute Gasteiger partial charge is 0.0625 e. The van der Waals surface area contributed by atoms with Crippen LogP contribution in [-0.2, 0) is 0 Å². The Bertz CT molecular complexity index is 80.6. The van der Waals surface area contributed by atoms with E-state index in [0.717, 1.165) is 6.42 Å². The molecule has 1 radical (unpaired) electrons. The van der Waals surface area contributed by atoms with Gasteiger partial charge in [-0.3, -0.25) is 0 Å². The van der Waals surface area contributed by atoms with Gasteiger partial charge >= 0.3 is 0 Å². The number of hydrogen-bond acceptors (Lipinski definition) is 1. The van der Waals surface area contributed by atoms with Crippen LogP contribution in [0.1, 0.15) is 33.1 Å². The molecule has 1 saturated carbocycles. The second-order valence-corrected chi connectivity index (χ2v) is 3.16. The lowest BCUT2D eigenvalue weighted by Crippen LogP contribution is -2.28. The molecule has 1 aliphatic carbocycles. The summed E-state index contributed by atoms with van der Waals surface area (Å²) in [5.41, 5.74) is 0. The molecule has 1 aliphatic rings. The van der Waals surface area contributed by atoms with Crippen LogP contribution in [0.5, 0.6) is 0 Å². The second kappa shape index (κ2) is 2.70. The lowest BCUT2D eigenvalue weighted by molar-refractivity contribution is 0.101. The molecule has 1 fully saturated rings. The maximum absolute atomic E-state index is 9.41. The molecule has 0 aliphatic heterocycles. The minimum absolute atomic E-state index is 0.112. The van der Waals surface area contributed by atoms with Gasteiger partial charge in [0.25, 0.3) is 0 Å². The fourth-order valence-electron chi connectivity index (χ4n) is 1.49. The van der Waals surface area contributed by atoms with Gasteiger partial charge in [-0.05, 0) is 18.8 Å². The van der Waals surface area contributed by atoms with Gasteiger partial charge in [0, 0.05) is 5.92 Å². The Hall–Kier alpha value is -0.0400. The Morgan fingerprint density at radius 3 is 2.67 bits per heavy atom. The van der Waals surface area contributed by atoms with Crippen LogP contribution in [0.2, 0.25) is 0 Å². The van der Waals surface area contributed by atoms with Crippen LogP contribution in [0.3, 0.4) is 0 Å². The van der Waals surface area contributed by atoms with Gasteiger partial charge in [-0.15, -0.1) is 0 Å². The Morgan fingerprint density at radius 2 is 2.22 bits per heavy atom. The van der Waals surface area contributed by atoms with Crippen molar-refractivity contribution in [3.05, 3.63) is 5.92 Å². The third-order valence-electron chi connectivity index (χ3n) is 2.27. The summed E-state index contributed by atoms with van der Waals surface area (Å²) in [6.45, 7) is 4.17. The van der Waals surface area contributed by atoms with Gasteiger partial charge in [0.15, 0.2) is 0 Å². The molecular weight excluding hydrogens is 112 g/mol. The summed E-state index contributed by atoms with van der Waals surface area (Å²) in [6.07, 6.45) is 3.48. The van der Waals surface area contributed by atoms with E-state index in [1.165, 1.54) is 18.8 Å². The highest BCUT2D eigenvalue weighted by molar-refractivity contribution is 4.98. The molecule has 1 rings (SSSR count). The van der Waals surface area contributed by atoms with Crippen LogP contribution in [0.15, 0.2) is 0 Å². The van der Waals surface area contributed by atoms with Crippen molar-refractivity contribution in [3.8, 4) is 0 Å². The van der Waals surface area contributed by atoms with Gasteiger partial charge in [0.2, 0.25) is 0 Å². The summed E-state index contributed by atoms with van der Waals surface area (Å²) in [4.78, 5) is 0. The van der Waals surface area contributed by atoms with Crippen molar-refractivity contribution in [3.63, 3.8) is 0 Å². The zero-order chi connectivity index (χ0) is 6.85. The number of aliphatic hydroxyl groups excluding tert-OH is 1. The predicted molar refractivity (Wildman–Crippen MR) is 37.9 cm³/mol. The highest BCUT2D eigenvalue weighted by Gasteiger charge is 2.25. The maximum Gasteiger partial charge on any atom is 0.0625 e. The van der Waals surface area contributed by atoms with Crippen molar-refractivity contribution in [1.82, 2.24) is 0 Å². The number of aliphatic hydroxyl groups is 1. The molecule has 0 saturated heterocycles. The first-order chi connectivity index (χ1) is 4.22. The highest BCUT2D eigenvalue weighted by Crippen LogP contribution is 2.29. The van der Waals surface area contributed by atoms with Crippen LogP contribution in [0, 0.1) is 11.8 Å². The second-order valence-electron chi connectivity index (χ2n) is 3.16. The van der Waals surface area contributed by atoms with Crippen molar-refractivity contribution in [2.75, 3.05) is 0 Å². The molecule has 0 aromatic rings. The van der Waals surface area contributed by atoms with Crippen LogP contribution in [0.4, 0.5) is 0 Å². The van der Waals surface area contributed by atoms with Crippen molar-refractivity contribution in [1.29, 1.82) is 0 Å². The lowest BCUT2D eigenvalue weighted by atomic mass is 9.81. The van der Waals surface area contributed by atoms with E-state index < -0.39 is 0 Å². The average Bonchev–Trinajstić information content (AvgIpc) is 1.83. The molecule has 0 bridgehead atoms. The van der Waals surface area contributed by atoms with Gasteiger partial charge in [-0.25, -0.2) is 0 Å². The molecule has 1 heteroatoms. The van der Waals surface area contributed by atoms with Crippen LogP contribution in [0.25, 0.3) is 0 Å². The Labute approximate surface area is 57.1 Å². The van der Waals surface area contributed by atoms with E-state index in [9.17, 15) is 5.11 Å². The molecule has 1 N–H and O–H groups in total. The fourth-order valence-corrected chi connectivity index (χ4v) is 1.49. The maximum atomic E-state index is 9.41. The minimum Gasteiger partial charge on any atom is -0.392 e. The average molecular weight is 127 g/mol. The Balaban J connectivity index is 2.41. The van der Waals surface area contributed by atoms with Crippen LogP contribution in [-0.4, -0.2) is 11.2 Å². The largest absolute Gasteiger partial charge is 0.392 e. The molecule has 9 heavy (non-hydrogen) atoms. The standard InChI is InChI=1S/C8H15O/c1-6-4-3-5-7(2)8(6)9/h6,8-9H,3-5H2,1-2H3. The molecule has 2 atom stereocenters. The third-order valence-corrected chi connectivity index (χ3v) is 2.27. The summed E-state index contributed by atoms with van der Waals surface area (Å²) in [5, 5.41) is 9.41. The van der Waals surface area contributed by atoms with Crippen molar-refractivity contribution in [2.45, 2.75) is 39.2 Å². The van der Waals surface area contributed by atoms with Gasteiger partial charge in [0.05, 0.1) is 6.10 Å². The molecule has 0 amide bonds. The van der Waals surface area contributed by atoms with Crippen molar-refractivity contribution < 1.29 is 5.11 Å². The van der Waals surface area contributed by atoms with E-state index >= 15 is 0 Å². The van der Waals surface area contributed by atoms with Gasteiger partial charge in [-0.1, -0.05) is 20.3 Å². The molecular formula is C8H15O. The van der Waals surface area contributed by atoms with Gasteiger partial charge < -0.3 is 5.11 Å². The first-order valence-electron chi connectivity index (χ1n) is 3.72. The molecule has 2 unspecified atom stereocenters. The van der Waals surface area contributed by atoms with Gasteiger partial charge in [-0.2, -0.15) is 0 Å². The minimum atomic E-state index is -0.112. The van der Waals surface area contributed by atoms with E-state index in [1.54, 1.807) is 0 Å². The third kappa shape index (κ3) is 1.45. The summed E-state index contributed by atoms with van der Waals surface area (Å²) >= 11 is 0. The first-order valence-corrected chi connectivity index (χ1v) is 3.72. The zero-order valence-corrected chi connectivity index (χ0v) is 6.22. The molecule has 53 valence electrons. The Kier molecular flexibility index (Phi) is 2.12. The molecule has 0 aromatic carbocycles. The first kappa shape index (κ1) is 7.07. The van der Waals surface area contributed by atoms with Crippen molar-refractivity contribution in [2.24, 2.45) is 5.92 Å². The fraction of sp³-hybridized carbons (Fsp3) is 0.875. The molecule has 0 aromatic heterocycles. The van der Waals surface area contributed by atoms with E-state index in [1.807, 2.05) is 0 Å². The normalized spacial score (nSPS) is 39.0. The summed E-state index contributed by atoms with van der Waals surface area (Å²) < 4.78 is 0. The predicted octanol–water partition coefficient (Wildman–Crippen LogP) is 1.76. The van der Waals surface area contributed by atoms with Gasteiger partial charge in [0.1, 0.15) is 0 Å². The number of hydrogen-bond donors (Lipinski definition) is 1. The van der Waals surface area contributed by atoms with Crippen molar-refractivity contribution >= 4 is 0 Å². The van der Waals surface area contributed by atoms with Crippen LogP contribution >= 0.6 is 0 Å². The van der Waals surface area contributed by atoms with E-state index in [0.29, 0.717) is 5.92 Å². The van der Waals surface area contributed by atoms with E-state index in [2.05, 4.69) is 13.8 Å².